The highest BCUT2D eigenvalue weighted by molar-refractivity contribution is 6.30. The Bertz CT molecular complexity index is 739. The van der Waals surface area contributed by atoms with Crippen molar-refractivity contribution in [2.75, 3.05) is 0 Å². The van der Waals surface area contributed by atoms with Gasteiger partial charge >= 0.3 is 5.97 Å². The van der Waals surface area contributed by atoms with Crippen molar-refractivity contribution in [3.05, 3.63) is 70.2 Å². The van der Waals surface area contributed by atoms with Gasteiger partial charge in [-0.1, -0.05) is 55.3 Å². The normalized spacial score (nSPS) is 11.9. The molecule has 2 aromatic carbocycles. The van der Waals surface area contributed by atoms with Crippen LogP contribution in [0.1, 0.15) is 41.8 Å². The maximum atomic E-state index is 12.5. The van der Waals surface area contributed by atoms with Gasteiger partial charge in [-0.25, -0.2) is 4.79 Å². The van der Waals surface area contributed by atoms with Crippen LogP contribution in [0.25, 0.3) is 0 Å². The number of hydrogen-bond acceptors (Lipinski definition) is 3. The second-order valence-corrected chi connectivity index (χ2v) is 7.19. The smallest absolute Gasteiger partial charge is 0.328 e. The number of amides is 1. The van der Waals surface area contributed by atoms with Gasteiger partial charge in [-0.15, -0.1) is 0 Å². The fourth-order valence-corrected chi connectivity index (χ4v) is 2.59. The first-order valence-electron chi connectivity index (χ1n) is 8.63. The Morgan fingerprint density at radius 3 is 2.23 bits per heavy atom. The standard InChI is InChI=1S/C21H24ClNO3/c1-14(2)12-19(23-20(24)17-8-10-18(22)11-9-17)21(25)26-13-16-6-4-15(3)5-7-16/h4-11,14,19H,12-13H2,1-3H3,(H,23,24)/t19-/m1/s1. The van der Waals surface area contributed by atoms with E-state index in [1.807, 2.05) is 45.0 Å². The van der Waals surface area contributed by atoms with E-state index in [9.17, 15) is 9.59 Å². The molecule has 4 nitrogen and oxygen atoms in total. The summed E-state index contributed by atoms with van der Waals surface area (Å²) in [6.07, 6.45) is 0.506. The van der Waals surface area contributed by atoms with E-state index in [1.54, 1.807) is 24.3 Å². The average molecular weight is 374 g/mol. The lowest BCUT2D eigenvalue weighted by molar-refractivity contribution is -0.147. The molecule has 2 aromatic rings. The molecule has 0 saturated carbocycles. The van der Waals surface area contributed by atoms with Crippen LogP contribution in [0.15, 0.2) is 48.5 Å². The lowest BCUT2D eigenvalue weighted by atomic mass is 10.0. The summed E-state index contributed by atoms with van der Waals surface area (Å²) >= 11 is 5.84. The van der Waals surface area contributed by atoms with Gasteiger partial charge < -0.3 is 10.1 Å². The summed E-state index contributed by atoms with van der Waals surface area (Å²) in [4.78, 5) is 24.9. The molecule has 2 rings (SSSR count). The highest BCUT2D eigenvalue weighted by atomic mass is 35.5. The van der Waals surface area contributed by atoms with Crippen LogP contribution in [0, 0.1) is 12.8 Å². The van der Waals surface area contributed by atoms with Crippen molar-refractivity contribution in [2.24, 2.45) is 5.92 Å². The third kappa shape index (κ3) is 6.19. The van der Waals surface area contributed by atoms with E-state index in [2.05, 4.69) is 5.32 Å². The molecule has 0 aliphatic carbocycles. The monoisotopic (exact) mass is 373 g/mol. The second kappa shape index (κ2) is 9.39. The third-order valence-corrected chi connectivity index (χ3v) is 4.16. The first-order valence-corrected chi connectivity index (χ1v) is 9.01. The molecule has 0 radical (unpaired) electrons. The number of hydrogen-bond donors (Lipinski definition) is 1. The van der Waals surface area contributed by atoms with E-state index >= 15 is 0 Å². The zero-order valence-electron chi connectivity index (χ0n) is 15.3. The zero-order chi connectivity index (χ0) is 19.1. The molecule has 0 aliphatic heterocycles. The first-order chi connectivity index (χ1) is 12.3. The van der Waals surface area contributed by atoms with Gasteiger partial charge in [-0.3, -0.25) is 4.79 Å². The van der Waals surface area contributed by atoms with Crippen molar-refractivity contribution in [3.8, 4) is 0 Å². The first kappa shape index (κ1) is 20.0. The van der Waals surface area contributed by atoms with E-state index in [4.69, 9.17) is 16.3 Å². The van der Waals surface area contributed by atoms with Crippen LogP contribution in [0.5, 0.6) is 0 Å². The summed E-state index contributed by atoms with van der Waals surface area (Å²) < 4.78 is 5.41. The van der Waals surface area contributed by atoms with Crippen molar-refractivity contribution in [1.29, 1.82) is 0 Å². The lowest BCUT2D eigenvalue weighted by Crippen LogP contribution is -2.42. The largest absolute Gasteiger partial charge is 0.459 e. The molecule has 0 aromatic heterocycles. The van der Waals surface area contributed by atoms with Crippen LogP contribution in [-0.2, 0) is 16.1 Å². The predicted octanol–water partition coefficient (Wildman–Crippen LogP) is 4.54. The molecule has 5 heteroatoms. The minimum Gasteiger partial charge on any atom is -0.459 e. The molecule has 138 valence electrons. The van der Waals surface area contributed by atoms with E-state index in [1.165, 1.54) is 0 Å². The van der Waals surface area contributed by atoms with Gasteiger partial charge in [0.15, 0.2) is 0 Å². The summed E-state index contributed by atoms with van der Waals surface area (Å²) in [6.45, 7) is 6.18. The molecule has 0 unspecified atom stereocenters. The number of esters is 1. The maximum absolute atomic E-state index is 12.5. The Balaban J connectivity index is 2.00. The number of benzene rings is 2. The number of rotatable bonds is 7. The molecular formula is C21H24ClNO3. The van der Waals surface area contributed by atoms with E-state index < -0.39 is 12.0 Å². The van der Waals surface area contributed by atoms with Gasteiger partial charge in [0.2, 0.25) is 0 Å². The fourth-order valence-electron chi connectivity index (χ4n) is 2.47. The van der Waals surface area contributed by atoms with Gasteiger partial charge in [0.1, 0.15) is 12.6 Å². The van der Waals surface area contributed by atoms with Crippen molar-refractivity contribution in [1.82, 2.24) is 5.32 Å². The fraction of sp³-hybridized carbons (Fsp3) is 0.333. The zero-order valence-corrected chi connectivity index (χ0v) is 16.0. The second-order valence-electron chi connectivity index (χ2n) is 6.76. The van der Waals surface area contributed by atoms with Crippen LogP contribution in [0.4, 0.5) is 0 Å². The van der Waals surface area contributed by atoms with Crippen LogP contribution < -0.4 is 5.32 Å². The number of carbonyl (C=O) groups excluding carboxylic acids is 2. The number of ether oxygens (including phenoxy) is 1. The topological polar surface area (TPSA) is 55.4 Å². The molecular weight excluding hydrogens is 350 g/mol. The van der Waals surface area contributed by atoms with Crippen LogP contribution in [0.2, 0.25) is 5.02 Å². The SMILES string of the molecule is Cc1ccc(COC(=O)[C@@H](CC(C)C)NC(=O)c2ccc(Cl)cc2)cc1. The van der Waals surface area contributed by atoms with Crippen molar-refractivity contribution in [3.63, 3.8) is 0 Å². The van der Waals surface area contributed by atoms with Gasteiger partial charge in [-0.2, -0.15) is 0 Å². The summed E-state index contributed by atoms with van der Waals surface area (Å²) in [5, 5.41) is 3.33. The highest BCUT2D eigenvalue weighted by Crippen LogP contribution is 2.12. The summed E-state index contributed by atoms with van der Waals surface area (Å²) in [5.74, 6) is -0.515. The average Bonchev–Trinajstić information content (AvgIpc) is 2.60. The van der Waals surface area contributed by atoms with Crippen molar-refractivity contribution >= 4 is 23.5 Å². The molecule has 0 fully saturated rings. The molecule has 1 amide bonds. The van der Waals surface area contributed by atoms with Gasteiger partial charge in [0.25, 0.3) is 5.91 Å². The van der Waals surface area contributed by atoms with Gasteiger partial charge in [-0.05, 0) is 49.1 Å². The Kier molecular flexibility index (Phi) is 7.22. The van der Waals surface area contributed by atoms with Gasteiger partial charge in [0.05, 0.1) is 0 Å². The van der Waals surface area contributed by atoms with Crippen LogP contribution >= 0.6 is 11.6 Å². The maximum Gasteiger partial charge on any atom is 0.328 e. The molecule has 26 heavy (non-hydrogen) atoms. The highest BCUT2D eigenvalue weighted by Gasteiger charge is 2.24. The molecule has 0 bridgehead atoms. The quantitative estimate of drug-likeness (QED) is 0.725. The summed E-state index contributed by atoms with van der Waals surface area (Å²) in [5.41, 5.74) is 2.51. The minimum atomic E-state index is -0.691. The third-order valence-electron chi connectivity index (χ3n) is 3.91. The number of nitrogens with one attached hydrogen (secondary N) is 1. The lowest BCUT2D eigenvalue weighted by Gasteiger charge is -2.19. The minimum absolute atomic E-state index is 0.185. The molecule has 0 spiro atoms. The Morgan fingerprint density at radius 2 is 1.65 bits per heavy atom. The summed E-state index contributed by atoms with van der Waals surface area (Å²) in [6, 6.07) is 13.6. The number of halogens is 1. The Labute approximate surface area is 159 Å². The summed E-state index contributed by atoms with van der Waals surface area (Å²) in [7, 11) is 0. The molecule has 1 atom stereocenters. The van der Waals surface area contributed by atoms with Crippen molar-refractivity contribution in [2.45, 2.75) is 39.8 Å². The van der Waals surface area contributed by atoms with Crippen LogP contribution in [0.3, 0.4) is 0 Å². The predicted molar refractivity (Wildman–Crippen MR) is 103 cm³/mol. The number of carbonyl (C=O) groups is 2. The molecule has 0 heterocycles. The van der Waals surface area contributed by atoms with Crippen molar-refractivity contribution < 1.29 is 14.3 Å². The molecule has 1 N–H and O–H groups in total. The van der Waals surface area contributed by atoms with E-state index in [-0.39, 0.29) is 18.4 Å². The van der Waals surface area contributed by atoms with Crippen LogP contribution in [-0.4, -0.2) is 17.9 Å². The molecule has 0 saturated heterocycles. The molecule has 0 aliphatic rings. The number of aryl methyl sites for hydroxylation is 1. The Morgan fingerprint density at radius 1 is 1.04 bits per heavy atom. The van der Waals surface area contributed by atoms with E-state index in [0.717, 1.165) is 11.1 Å². The van der Waals surface area contributed by atoms with Gasteiger partial charge in [0, 0.05) is 10.6 Å². The Hall–Kier alpha value is -2.33. The van der Waals surface area contributed by atoms with E-state index in [0.29, 0.717) is 17.0 Å².